The number of carbonyl (C=O) groups excluding carboxylic acids is 1. The van der Waals surface area contributed by atoms with Crippen LogP contribution in [0.15, 0.2) is 0 Å². The van der Waals surface area contributed by atoms with Gasteiger partial charge in [0.1, 0.15) is 4.88 Å². The lowest BCUT2D eigenvalue weighted by Crippen LogP contribution is -2.43. The average Bonchev–Trinajstić information content (AvgIpc) is 2.75. The minimum atomic E-state index is 0.0269. The molecule has 1 fully saturated rings. The first-order valence-electron chi connectivity index (χ1n) is 6.99. The van der Waals surface area contributed by atoms with Gasteiger partial charge in [0.05, 0.1) is 17.3 Å². The van der Waals surface area contributed by atoms with Gasteiger partial charge in [-0.1, -0.05) is 19.3 Å². The first-order chi connectivity index (χ1) is 9.13. The van der Waals surface area contributed by atoms with Gasteiger partial charge >= 0.3 is 0 Å². The molecule has 1 amide bonds. The van der Waals surface area contributed by atoms with Crippen LogP contribution in [0.25, 0.3) is 0 Å². The van der Waals surface area contributed by atoms with Crippen molar-refractivity contribution >= 4 is 17.2 Å². The van der Waals surface area contributed by atoms with Crippen LogP contribution in [-0.2, 0) is 0 Å². The number of carbonyl (C=O) groups is 1. The first kappa shape index (κ1) is 14.5. The molecule has 106 valence electrons. The fourth-order valence-electron chi connectivity index (χ4n) is 2.81. The highest BCUT2D eigenvalue weighted by atomic mass is 32.1. The highest BCUT2D eigenvalue weighted by molar-refractivity contribution is 7.13. The summed E-state index contributed by atoms with van der Waals surface area (Å²) >= 11 is 1.46. The molecule has 1 aliphatic carbocycles. The molecule has 1 aromatic heterocycles. The highest BCUT2D eigenvalue weighted by Gasteiger charge is 2.28. The molecule has 1 aromatic rings. The summed E-state index contributed by atoms with van der Waals surface area (Å²) in [5, 5.41) is 10.2. The van der Waals surface area contributed by atoms with Crippen molar-refractivity contribution in [2.75, 3.05) is 13.2 Å². The van der Waals surface area contributed by atoms with Gasteiger partial charge in [-0.15, -0.1) is 11.3 Å². The van der Waals surface area contributed by atoms with Gasteiger partial charge in [0.15, 0.2) is 0 Å². The third-order valence-corrected chi connectivity index (χ3v) is 4.78. The molecule has 1 aliphatic rings. The predicted octanol–water partition coefficient (Wildman–Crippen LogP) is 2.53. The van der Waals surface area contributed by atoms with E-state index in [1.165, 1.54) is 30.6 Å². The second kappa shape index (κ2) is 6.48. The number of aromatic nitrogens is 1. The minimum Gasteiger partial charge on any atom is -0.395 e. The lowest BCUT2D eigenvalue weighted by Gasteiger charge is -2.33. The predicted molar refractivity (Wildman–Crippen MR) is 76.6 cm³/mol. The van der Waals surface area contributed by atoms with Crippen LogP contribution in [0.1, 0.15) is 52.5 Å². The first-order valence-corrected chi connectivity index (χ1v) is 7.81. The minimum absolute atomic E-state index is 0.0269. The van der Waals surface area contributed by atoms with Crippen molar-refractivity contribution in [1.29, 1.82) is 0 Å². The lowest BCUT2D eigenvalue weighted by atomic mass is 9.94. The Kier molecular flexibility index (Phi) is 4.93. The lowest BCUT2D eigenvalue weighted by molar-refractivity contribution is 0.0589. The molecule has 0 atom stereocenters. The van der Waals surface area contributed by atoms with Crippen LogP contribution in [0, 0.1) is 13.8 Å². The molecule has 0 aromatic carbocycles. The normalized spacial score (nSPS) is 16.6. The SMILES string of the molecule is Cc1nc(C)c(C(=O)N(CCO)C2CCCCC2)s1. The van der Waals surface area contributed by atoms with E-state index < -0.39 is 0 Å². The van der Waals surface area contributed by atoms with E-state index in [2.05, 4.69) is 4.98 Å². The summed E-state index contributed by atoms with van der Waals surface area (Å²) in [5.41, 5.74) is 0.811. The van der Waals surface area contributed by atoms with Gasteiger partial charge in [-0.3, -0.25) is 4.79 Å². The molecule has 19 heavy (non-hydrogen) atoms. The summed E-state index contributed by atoms with van der Waals surface area (Å²) in [6.07, 6.45) is 5.74. The van der Waals surface area contributed by atoms with E-state index in [-0.39, 0.29) is 18.6 Å². The second-order valence-corrected chi connectivity index (χ2v) is 6.36. The topological polar surface area (TPSA) is 53.4 Å². The second-order valence-electron chi connectivity index (χ2n) is 5.16. The maximum atomic E-state index is 12.7. The zero-order valence-electron chi connectivity index (χ0n) is 11.7. The van der Waals surface area contributed by atoms with Crippen molar-refractivity contribution in [3.8, 4) is 0 Å². The van der Waals surface area contributed by atoms with Gasteiger partial charge in [0.2, 0.25) is 0 Å². The number of hydrogen-bond donors (Lipinski definition) is 1. The molecule has 0 bridgehead atoms. The number of amides is 1. The molecule has 1 N–H and O–H groups in total. The van der Waals surface area contributed by atoms with Gasteiger partial charge < -0.3 is 10.0 Å². The van der Waals surface area contributed by atoms with Crippen LogP contribution in [0.5, 0.6) is 0 Å². The molecule has 1 heterocycles. The van der Waals surface area contributed by atoms with Crippen LogP contribution >= 0.6 is 11.3 Å². The summed E-state index contributed by atoms with van der Waals surface area (Å²) in [5.74, 6) is 0.0454. The zero-order chi connectivity index (χ0) is 13.8. The fraction of sp³-hybridized carbons (Fsp3) is 0.714. The van der Waals surface area contributed by atoms with Crippen molar-refractivity contribution in [2.24, 2.45) is 0 Å². The number of aryl methyl sites for hydroxylation is 2. The van der Waals surface area contributed by atoms with E-state index >= 15 is 0 Å². The summed E-state index contributed by atoms with van der Waals surface area (Å²) in [4.78, 5) is 19.6. The molecule has 5 heteroatoms. The Labute approximate surface area is 118 Å². The largest absolute Gasteiger partial charge is 0.395 e. The third-order valence-electron chi connectivity index (χ3n) is 3.72. The number of rotatable bonds is 4. The average molecular weight is 282 g/mol. The summed E-state index contributed by atoms with van der Waals surface area (Å²) in [6, 6.07) is 0.287. The number of aliphatic hydroxyl groups is 1. The quantitative estimate of drug-likeness (QED) is 0.923. The van der Waals surface area contributed by atoms with Crippen molar-refractivity contribution in [3.63, 3.8) is 0 Å². The fourth-order valence-corrected chi connectivity index (χ4v) is 3.69. The molecule has 0 aliphatic heterocycles. The summed E-state index contributed by atoms with van der Waals surface area (Å²) in [6.45, 7) is 4.26. The Balaban J connectivity index is 2.17. The van der Waals surface area contributed by atoms with Crippen LogP contribution in [-0.4, -0.2) is 40.1 Å². The Bertz CT molecular complexity index is 439. The highest BCUT2D eigenvalue weighted by Crippen LogP contribution is 2.26. The monoisotopic (exact) mass is 282 g/mol. The van der Waals surface area contributed by atoms with Gasteiger partial charge in [-0.25, -0.2) is 4.98 Å². The molecule has 0 saturated heterocycles. The molecular weight excluding hydrogens is 260 g/mol. The van der Waals surface area contributed by atoms with E-state index in [4.69, 9.17) is 0 Å². The molecule has 0 spiro atoms. The van der Waals surface area contributed by atoms with Crippen LogP contribution in [0.3, 0.4) is 0 Å². The van der Waals surface area contributed by atoms with E-state index in [0.29, 0.717) is 6.54 Å². The van der Waals surface area contributed by atoms with Crippen molar-refractivity contribution in [3.05, 3.63) is 15.6 Å². The number of nitrogens with zero attached hydrogens (tertiary/aromatic N) is 2. The van der Waals surface area contributed by atoms with Crippen LogP contribution < -0.4 is 0 Å². The van der Waals surface area contributed by atoms with Gasteiger partial charge in [0.25, 0.3) is 5.91 Å². The smallest absolute Gasteiger partial charge is 0.266 e. The van der Waals surface area contributed by atoms with Gasteiger partial charge in [-0.05, 0) is 26.7 Å². The Morgan fingerprint density at radius 1 is 1.37 bits per heavy atom. The van der Waals surface area contributed by atoms with Crippen molar-refractivity contribution < 1.29 is 9.90 Å². The number of aliphatic hydroxyl groups excluding tert-OH is 1. The van der Waals surface area contributed by atoms with Crippen LogP contribution in [0.2, 0.25) is 0 Å². The van der Waals surface area contributed by atoms with Gasteiger partial charge in [-0.2, -0.15) is 0 Å². The molecule has 1 saturated carbocycles. The molecule has 0 unspecified atom stereocenters. The van der Waals surface area contributed by atoms with Crippen molar-refractivity contribution in [1.82, 2.24) is 9.88 Å². The molecule has 4 nitrogen and oxygen atoms in total. The maximum absolute atomic E-state index is 12.7. The van der Waals surface area contributed by atoms with E-state index in [9.17, 15) is 9.90 Å². The standard InChI is InChI=1S/C14H22N2O2S/c1-10-13(19-11(2)15-10)14(18)16(8-9-17)12-6-4-3-5-7-12/h12,17H,3-9H2,1-2H3. The van der Waals surface area contributed by atoms with E-state index in [0.717, 1.165) is 28.4 Å². The molecule has 0 radical (unpaired) electrons. The summed E-state index contributed by atoms with van der Waals surface area (Å²) in [7, 11) is 0. The Hall–Kier alpha value is -0.940. The van der Waals surface area contributed by atoms with E-state index in [1.54, 1.807) is 0 Å². The van der Waals surface area contributed by atoms with Gasteiger partial charge in [0, 0.05) is 12.6 Å². The maximum Gasteiger partial charge on any atom is 0.266 e. The number of hydrogen-bond acceptors (Lipinski definition) is 4. The molecular formula is C14H22N2O2S. The van der Waals surface area contributed by atoms with Crippen molar-refractivity contribution in [2.45, 2.75) is 52.0 Å². The zero-order valence-corrected chi connectivity index (χ0v) is 12.5. The number of thiazole rings is 1. The Morgan fingerprint density at radius 2 is 2.05 bits per heavy atom. The Morgan fingerprint density at radius 3 is 2.58 bits per heavy atom. The van der Waals surface area contributed by atoms with E-state index in [1.807, 2.05) is 18.7 Å². The molecule has 2 rings (SSSR count). The summed E-state index contributed by atoms with van der Waals surface area (Å²) < 4.78 is 0. The third kappa shape index (κ3) is 3.34. The van der Waals surface area contributed by atoms with Crippen LogP contribution in [0.4, 0.5) is 0 Å².